The van der Waals surface area contributed by atoms with Crippen LogP contribution in [0, 0.1) is 23.5 Å². The molecule has 0 fully saturated rings. The molecule has 1 unspecified atom stereocenters. The number of halogens is 2. The second-order valence-corrected chi connectivity index (χ2v) is 3.57. The van der Waals surface area contributed by atoms with Gasteiger partial charge in [0.1, 0.15) is 0 Å². The summed E-state index contributed by atoms with van der Waals surface area (Å²) in [4.78, 5) is 0. The third kappa shape index (κ3) is 3.63. The molecule has 1 atom stereocenters. The van der Waals surface area contributed by atoms with E-state index in [9.17, 15) is 8.78 Å². The van der Waals surface area contributed by atoms with E-state index >= 15 is 0 Å². The molecule has 1 aromatic rings. The van der Waals surface area contributed by atoms with Gasteiger partial charge in [-0.2, -0.15) is 0 Å². The van der Waals surface area contributed by atoms with Crippen LogP contribution in [0.4, 0.5) is 8.78 Å². The van der Waals surface area contributed by atoms with Crippen molar-refractivity contribution >= 4 is 0 Å². The average Bonchev–Trinajstić information content (AvgIpc) is 2.29. The minimum absolute atomic E-state index is 0.164. The molecular weight excluding hydrogens is 208 g/mol. The Hall–Kier alpha value is -1.40. The number of nitrogens with one attached hydrogen (secondary N) is 1. The highest BCUT2D eigenvalue weighted by atomic mass is 19.2. The lowest BCUT2D eigenvalue weighted by molar-refractivity contribution is 0.504. The second kappa shape index (κ2) is 6.24. The summed E-state index contributed by atoms with van der Waals surface area (Å²) in [6, 6.07) is 4.15. The first-order valence-electron chi connectivity index (χ1n) is 5.18. The van der Waals surface area contributed by atoms with E-state index in [4.69, 9.17) is 0 Å². The highest BCUT2D eigenvalue weighted by Crippen LogP contribution is 2.11. The van der Waals surface area contributed by atoms with Crippen molar-refractivity contribution in [1.82, 2.24) is 5.32 Å². The highest BCUT2D eigenvalue weighted by molar-refractivity contribution is 5.19. The zero-order chi connectivity index (χ0) is 12.0. The van der Waals surface area contributed by atoms with Gasteiger partial charge in [0.05, 0.1) is 0 Å². The summed E-state index contributed by atoms with van der Waals surface area (Å²) < 4.78 is 25.7. The van der Waals surface area contributed by atoms with Gasteiger partial charge in [0.25, 0.3) is 0 Å². The van der Waals surface area contributed by atoms with Crippen LogP contribution in [0.2, 0.25) is 0 Å². The van der Waals surface area contributed by atoms with E-state index in [-0.39, 0.29) is 6.04 Å². The maximum atomic E-state index is 13.0. The summed E-state index contributed by atoms with van der Waals surface area (Å²) in [7, 11) is 1.84. The molecule has 0 heterocycles. The Labute approximate surface area is 94.9 Å². The Kier molecular flexibility index (Phi) is 4.94. The van der Waals surface area contributed by atoms with Crippen molar-refractivity contribution in [3.63, 3.8) is 0 Å². The monoisotopic (exact) mass is 223 g/mol. The number of benzene rings is 1. The standard InChI is InChI=1S/C13H15F2N/c1-3-4-5-11(16-2)8-10-6-7-12(14)13(15)9-10/h6-7,9,11,16H,5,8H2,1-2H3. The van der Waals surface area contributed by atoms with Crippen molar-refractivity contribution < 1.29 is 8.78 Å². The Bertz CT molecular complexity index is 404. The summed E-state index contributed by atoms with van der Waals surface area (Å²) >= 11 is 0. The van der Waals surface area contributed by atoms with Crippen molar-refractivity contribution in [3.8, 4) is 11.8 Å². The lowest BCUT2D eigenvalue weighted by atomic mass is 10.0. The van der Waals surface area contributed by atoms with Crippen LogP contribution in [-0.2, 0) is 6.42 Å². The SMILES string of the molecule is CC#CCC(Cc1ccc(F)c(F)c1)NC. The molecule has 0 aliphatic heterocycles. The number of likely N-dealkylation sites (N-methyl/N-ethyl adjacent to an activating group) is 1. The molecule has 16 heavy (non-hydrogen) atoms. The molecule has 0 saturated carbocycles. The fraction of sp³-hybridized carbons (Fsp3) is 0.385. The van der Waals surface area contributed by atoms with Crippen LogP contribution >= 0.6 is 0 Å². The van der Waals surface area contributed by atoms with E-state index in [1.54, 1.807) is 13.0 Å². The molecule has 0 radical (unpaired) electrons. The van der Waals surface area contributed by atoms with E-state index in [1.807, 2.05) is 7.05 Å². The normalized spacial score (nSPS) is 11.8. The van der Waals surface area contributed by atoms with Gasteiger partial charge in [-0.3, -0.25) is 0 Å². The fourth-order valence-corrected chi connectivity index (χ4v) is 1.45. The summed E-state index contributed by atoms with van der Waals surface area (Å²) in [5.41, 5.74) is 0.774. The van der Waals surface area contributed by atoms with Gasteiger partial charge in [0.2, 0.25) is 0 Å². The molecule has 0 aliphatic carbocycles. The van der Waals surface area contributed by atoms with Crippen molar-refractivity contribution in [2.45, 2.75) is 25.8 Å². The summed E-state index contributed by atoms with van der Waals surface area (Å²) in [5, 5.41) is 3.10. The van der Waals surface area contributed by atoms with Crippen molar-refractivity contribution in [3.05, 3.63) is 35.4 Å². The average molecular weight is 223 g/mol. The van der Waals surface area contributed by atoms with Crippen molar-refractivity contribution in [2.75, 3.05) is 7.05 Å². The molecule has 0 saturated heterocycles. The third-order valence-corrected chi connectivity index (χ3v) is 2.40. The summed E-state index contributed by atoms with van der Waals surface area (Å²) in [6.45, 7) is 1.78. The van der Waals surface area contributed by atoms with Crippen LogP contribution in [0.1, 0.15) is 18.9 Å². The van der Waals surface area contributed by atoms with Crippen LogP contribution in [0.5, 0.6) is 0 Å². The van der Waals surface area contributed by atoms with Crippen LogP contribution in [0.25, 0.3) is 0 Å². The fourth-order valence-electron chi connectivity index (χ4n) is 1.45. The van der Waals surface area contributed by atoms with Gasteiger partial charge >= 0.3 is 0 Å². The van der Waals surface area contributed by atoms with Crippen LogP contribution in [-0.4, -0.2) is 13.1 Å². The van der Waals surface area contributed by atoms with Crippen molar-refractivity contribution in [2.24, 2.45) is 0 Å². The zero-order valence-electron chi connectivity index (χ0n) is 9.48. The molecular formula is C13H15F2N. The van der Waals surface area contributed by atoms with E-state index in [0.717, 1.165) is 11.6 Å². The Morgan fingerprint density at radius 3 is 2.62 bits per heavy atom. The van der Waals surface area contributed by atoms with E-state index in [0.29, 0.717) is 12.8 Å². The van der Waals surface area contributed by atoms with Crippen molar-refractivity contribution in [1.29, 1.82) is 0 Å². The minimum Gasteiger partial charge on any atom is -0.316 e. The number of hydrogen-bond donors (Lipinski definition) is 1. The van der Waals surface area contributed by atoms with Gasteiger partial charge < -0.3 is 5.32 Å². The highest BCUT2D eigenvalue weighted by Gasteiger charge is 2.08. The molecule has 3 heteroatoms. The molecule has 0 spiro atoms. The number of rotatable bonds is 4. The molecule has 0 amide bonds. The van der Waals surface area contributed by atoms with Gasteiger partial charge in [0, 0.05) is 12.5 Å². The van der Waals surface area contributed by atoms with Gasteiger partial charge in [-0.15, -0.1) is 11.8 Å². The van der Waals surface area contributed by atoms with E-state index < -0.39 is 11.6 Å². The van der Waals surface area contributed by atoms with Crippen LogP contribution in [0.3, 0.4) is 0 Å². The predicted octanol–water partition coefficient (Wildman–Crippen LogP) is 2.51. The number of hydrogen-bond acceptors (Lipinski definition) is 1. The molecule has 0 aromatic heterocycles. The van der Waals surface area contributed by atoms with E-state index in [1.165, 1.54) is 6.07 Å². The zero-order valence-corrected chi connectivity index (χ0v) is 9.48. The molecule has 1 nitrogen and oxygen atoms in total. The first kappa shape index (κ1) is 12.7. The van der Waals surface area contributed by atoms with Crippen LogP contribution < -0.4 is 5.32 Å². The second-order valence-electron chi connectivity index (χ2n) is 3.57. The lowest BCUT2D eigenvalue weighted by Crippen LogP contribution is -2.27. The molecule has 1 N–H and O–H groups in total. The molecule has 0 bridgehead atoms. The topological polar surface area (TPSA) is 12.0 Å². The van der Waals surface area contributed by atoms with Gasteiger partial charge in [-0.05, 0) is 38.1 Å². The minimum atomic E-state index is -0.807. The molecule has 1 aromatic carbocycles. The predicted molar refractivity (Wildman–Crippen MR) is 61.0 cm³/mol. The smallest absolute Gasteiger partial charge is 0.159 e. The first-order valence-corrected chi connectivity index (χ1v) is 5.18. The Morgan fingerprint density at radius 2 is 2.06 bits per heavy atom. The molecule has 1 rings (SSSR count). The van der Waals surface area contributed by atoms with Crippen LogP contribution in [0.15, 0.2) is 18.2 Å². The van der Waals surface area contributed by atoms with E-state index in [2.05, 4.69) is 17.2 Å². The van der Waals surface area contributed by atoms with Gasteiger partial charge in [-0.25, -0.2) is 8.78 Å². The Morgan fingerprint density at radius 1 is 1.31 bits per heavy atom. The lowest BCUT2D eigenvalue weighted by Gasteiger charge is -2.13. The Balaban J connectivity index is 2.69. The quantitative estimate of drug-likeness (QED) is 0.773. The molecule has 86 valence electrons. The summed E-state index contributed by atoms with van der Waals surface area (Å²) in [6.07, 6.45) is 1.34. The summed E-state index contributed by atoms with van der Waals surface area (Å²) in [5.74, 6) is 4.18. The maximum Gasteiger partial charge on any atom is 0.159 e. The maximum absolute atomic E-state index is 13.0. The molecule has 0 aliphatic rings. The first-order chi connectivity index (χ1) is 7.67. The van der Waals surface area contributed by atoms with Gasteiger partial charge in [-0.1, -0.05) is 6.07 Å². The largest absolute Gasteiger partial charge is 0.316 e. The third-order valence-electron chi connectivity index (χ3n) is 2.40. The van der Waals surface area contributed by atoms with Gasteiger partial charge in [0.15, 0.2) is 11.6 Å².